The molecule has 1 fully saturated rings. The van der Waals surface area contributed by atoms with E-state index < -0.39 is 0 Å². The first-order valence-corrected chi connectivity index (χ1v) is 8.39. The molecule has 2 N–H and O–H groups in total. The molecular weight excluding hydrogens is 260 g/mol. The van der Waals surface area contributed by atoms with Crippen molar-refractivity contribution in [2.24, 2.45) is 5.73 Å². The summed E-state index contributed by atoms with van der Waals surface area (Å²) in [5, 5.41) is 0. The van der Waals surface area contributed by atoms with Crippen LogP contribution < -0.4 is 10.5 Å². The molecule has 3 nitrogen and oxygen atoms in total. The van der Waals surface area contributed by atoms with Crippen LogP contribution in [0.15, 0.2) is 24.3 Å². The second-order valence-corrected chi connectivity index (χ2v) is 6.77. The van der Waals surface area contributed by atoms with E-state index in [2.05, 4.69) is 36.2 Å². The zero-order chi connectivity index (χ0) is 14.7. The molecule has 3 heteroatoms. The zero-order valence-electron chi connectivity index (χ0n) is 13.2. The molecule has 0 radical (unpaired) electrons. The van der Waals surface area contributed by atoms with Gasteiger partial charge >= 0.3 is 0 Å². The monoisotopic (exact) mass is 288 g/mol. The Morgan fingerprint density at radius 2 is 1.90 bits per heavy atom. The molecule has 1 unspecified atom stereocenters. The molecule has 1 aliphatic carbocycles. The minimum atomic E-state index is 0.189. The number of fused-ring (bicyclic) bond motifs is 1. The van der Waals surface area contributed by atoms with Gasteiger partial charge in [0.05, 0.1) is 0 Å². The van der Waals surface area contributed by atoms with E-state index in [0.717, 1.165) is 25.3 Å². The first kappa shape index (κ1) is 14.9. The van der Waals surface area contributed by atoms with Gasteiger partial charge in [-0.2, -0.15) is 0 Å². The van der Waals surface area contributed by atoms with Gasteiger partial charge in [-0.3, -0.25) is 4.90 Å². The number of hydrogen-bond acceptors (Lipinski definition) is 3. The summed E-state index contributed by atoms with van der Waals surface area (Å²) in [7, 11) is 2.24. The Balaban J connectivity index is 1.64. The second-order valence-electron chi connectivity index (χ2n) is 6.77. The number of nitrogens with two attached hydrogens (primary N) is 1. The first-order valence-electron chi connectivity index (χ1n) is 8.39. The van der Waals surface area contributed by atoms with Gasteiger partial charge in [0.15, 0.2) is 0 Å². The normalized spacial score (nSPS) is 24.4. The molecule has 0 amide bonds. The largest absolute Gasteiger partial charge is 0.488 e. The molecule has 0 bridgehead atoms. The van der Waals surface area contributed by atoms with Crippen molar-refractivity contribution in [1.82, 2.24) is 4.90 Å². The summed E-state index contributed by atoms with van der Waals surface area (Å²) in [6.07, 6.45) is 9.13. The highest BCUT2D eigenvalue weighted by molar-refractivity contribution is 5.37. The van der Waals surface area contributed by atoms with E-state index in [0.29, 0.717) is 0 Å². The molecule has 1 heterocycles. The lowest BCUT2D eigenvalue weighted by molar-refractivity contribution is 0.0650. The summed E-state index contributed by atoms with van der Waals surface area (Å²) in [6.45, 7) is 1.75. The summed E-state index contributed by atoms with van der Waals surface area (Å²) in [6, 6.07) is 8.41. The summed E-state index contributed by atoms with van der Waals surface area (Å²) in [4.78, 5) is 2.49. The molecule has 1 aliphatic heterocycles. The average molecular weight is 288 g/mol. The number of hydrogen-bond donors (Lipinski definition) is 1. The highest BCUT2D eigenvalue weighted by Crippen LogP contribution is 2.33. The van der Waals surface area contributed by atoms with Gasteiger partial charge < -0.3 is 10.5 Å². The van der Waals surface area contributed by atoms with Gasteiger partial charge in [0.25, 0.3) is 0 Å². The third kappa shape index (κ3) is 3.09. The average Bonchev–Trinajstić information content (AvgIpc) is 2.74. The number of rotatable bonds is 4. The van der Waals surface area contributed by atoms with Crippen molar-refractivity contribution in [3.8, 4) is 5.75 Å². The van der Waals surface area contributed by atoms with Gasteiger partial charge in [-0.05, 0) is 31.5 Å². The van der Waals surface area contributed by atoms with Crippen LogP contribution in [0.4, 0.5) is 0 Å². The van der Waals surface area contributed by atoms with Gasteiger partial charge in [0, 0.05) is 25.0 Å². The van der Waals surface area contributed by atoms with Gasteiger partial charge in [0.2, 0.25) is 0 Å². The Morgan fingerprint density at radius 3 is 2.57 bits per heavy atom. The lowest BCUT2D eigenvalue weighted by Gasteiger charge is -2.41. The number of nitrogens with zero attached hydrogens (tertiary/aromatic N) is 1. The predicted molar refractivity (Wildman–Crippen MR) is 86.7 cm³/mol. The molecule has 0 saturated heterocycles. The number of ether oxygens (including phenoxy) is 1. The zero-order valence-corrected chi connectivity index (χ0v) is 13.2. The van der Waals surface area contributed by atoms with Crippen molar-refractivity contribution in [2.45, 2.75) is 56.6 Å². The fourth-order valence-corrected chi connectivity index (χ4v) is 3.98. The second kappa shape index (κ2) is 6.37. The van der Waals surface area contributed by atoms with Crippen molar-refractivity contribution < 1.29 is 4.74 Å². The highest BCUT2D eigenvalue weighted by atomic mass is 16.5. The predicted octanol–water partition coefficient (Wildman–Crippen LogP) is 2.97. The van der Waals surface area contributed by atoms with Gasteiger partial charge in [-0.25, -0.2) is 0 Å². The fraction of sp³-hybridized carbons (Fsp3) is 0.667. The van der Waals surface area contributed by atoms with Gasteiger partial charge in [-0.15, -0.1) is 0 Å². The third-order valence-corrected chi connectivity index (χ3v) is 5.42. The van der Waals surface area contributed by atoms with Crippen LogP contribution in [0, 0.1) is 0 Å². The Hall–Kier alpha value is -1.06. The molecule has 116 valence electrons. The van der Waals surface area contributed by atoms with Crippen LogP contribution in [0.1, 0.15) is 44.1 Å². The van der Waals surface area contributed by atoms with E-state index in [1.54, 1.807) is 0 Å². The summed E-state index contributed by atoms with van der Waals surface area (Å²) in [5.41, 5.74) is 7.72. The van der Waals surface area contributed by atoms with Crippen LogP contribution in [0.3, 0.4) is 0 Å². The van der Waals surface area contributed by atoms with Crippen molar-refractivity contribution in [3.63, 3.8) is 0 Å². The van der Waals surface area contributed by atoms with Crippen molar-refractivity contribution in [2.75, 3.05) is 20.1 Å². The lowest BCUT2D eigenvalue weighted by Crippen LogP contribution is -2.54. The Labute approximate surface area is 128 Å². The van der Waals surface area contributed by atoms with Crippen LogP contribution in [0.25, 0.3) is 0 Å². The van der Waals surface area contributed by atoms with Crippen LogP contribution in [-0.2, 0) is 6.42 Å². The van der Waals surface area contributed by atoms with Crippen LogP contribution in [0.2, 0.25) is 0 Å². The Kier molecular flexibility index (Phi) is 4.51. The maximum Gasteiger partial charge on any atom is 0.123 e. The van der Waals surface area contributed by atoms with Crippen molar-refractivity contribution >= 4 is 0 Å². The maximum atomic E-state index is 6.18. The lowest BCUT2D eigenvalue weighted by atomic mass is 9.88. The molecule has 21 heavy (non-hydrogen) atoms. The molecule has 1 aromatic rings. The summed E-state index contributed by atoms with van der Waals surface area (Å²) >= 11 is 0. The van der Waals surface area contributed by atoms with Gasteiger partial charge in [-0.1, -0.05) is 43.9 Å². The van der Waals surface area contributed by atoms with Crippen LogP contribution >= 0.6 is 0 Å². The summed E-state index contributed by atoms with van der Waals surface area (Å²) < 4.78 is 6.11. The molecule has 1 saturated carbocycles. The van der Waals surface area contributed by atoms with Gasteiger partial charge in [0.1, 0.15) is 11.9 Å². The smallest absolute Gasteiger partial charge is 0.123 e. The van der Waals surface area contributed by atoms with Crippen LogP contribution in [0.5, 0.6) is 5.75 Å². The molecule has 2 aliphatic rings. The molecule has 0 aromatic heterocycles. The molecule has 1 aromatic carbocycles. The third-order valence-electron chi connectivity index (χ3n) is 5.42. The number of likely N-dealkylation sites (N-methyl/N-ethyl adjacent to an activating group) is 1. The number of para-hydroxylation sites is 1. The molecule has 0 spiro atoms. The Bertz CT molecular complexity index is 441. The molecule has 3 rings (SSSR count). The quantitative estimate of drug-likeness (QED) is 0.866. The number of benzene rings is 1. The maximum absolute atomic E-state index is 6.18. The minimum absolute atomic E-state index is 0.189. The molecular formula is C18H28N2O. The topological polar surface area (TPSA) is 38.5 Å². The SMILES string of the molecule is CN(CC1Cc2ccccc2O1)C1(CN)CCCCCC1. The van der Waals surface area contributed by atoms with E-state index in [1.165, 1.54) is 44.1 Å². The van der Waals surface area contributed by atoms with Crippen LogP contribution in [-0.4, -0.2) is 36.7 Å². The van der Waals surface area contributed by atoms with Crippen molar-refractivity contribution in [3.05, 3.63) is 29.8 Å². The van der Waals surface area contributed by atoms with E-state index in [1.807, 2.05) is 0 Å². The molecule has 1 atom stereocenters. The van der Waals surface area contributed by atoms with E-state index in [9.17, 15) is 0 Å². The minimum Gasteiger partial charge on any atom is -0.488 e. The van der Waals surface area contributed by atoms with E-state index in [-0.39, 0.29) is 11.6 Å². The van der Waals surface area contributed by atoms with E-state index >= 15 is 0 Å². The Morgan fingerprint density at radius 1 is 1.19 bits per heavy atom. The first-order chi connectivity index (χ1) is 10.2. The highest BCUT2D eigenvalue weighted by Gasteiger charge is 2.36. The summed E-state index contributed by atoms with van der Waals surface area (Å²) in [5.74, 6) is 1.07. The standard InChI is InChI=1S/C18H28N2O/c1-20(18(14-19)10-6-2-3-7-11-18)13-16-12-15-8-4-5-9-17(15)21-16/h4-5,8-9,16H,2-3,6-7,10-14,19H2,1H3. The fourth-order valence-electron chi connectivity index (χ4n) is 3.98. The van der Waals surface area contributed by atoms with E-state index in [4.69, 9.17) is 10.5 Å². The van der Waals surface area contributed by atoms with Crippen molar-refractivity contribution in [1.29, 1.82) is 0 Å².